The van der Waals surface area contributed by atoms with Gasteiger partial charge in [0.15, 0.2) is 5.16 Å². The van der Waals surface area contributed by atoms with Crippen molar-refractivity contribution in [2.45, 2.75) is 36.2 Å². The Morgan fingerprint density at radius 1 is 1.43 bits per heavy atom. The molecule has 1 aliphatic rings. The Kier molecular flexibility index (Phi) is 5.33. The van der Waals surface area contributed by atoms with E-state index >= 15 is 0 Å². The number of methoxy groups -OCH3 is 1. The predicted molar refractivity (Wildman–Crippen MR) is 96.4 cm³/mol. The van der Waals surface area contributed by atoms with Gasteiger partial charge in [-0.15, -0.1) is 11.8 Å². The summed E-state index contributed by atoms with van der Waals surface area (Å²) in [6, 6.07) is 7.61. The topological polar surface area (TPSA) is 44.1 Å². The molecule has 0 fully saturated rings. The number of hydrogen-bond acceptors (Lipinski definition) is 5. The second kappa shape index (κ2) is 7.45. The largest absolute Gasteiger partial charge is 0.497 e. The summed E-state index contributed by atoms with van der Waals surface area (Å²) in [4.78, 5) is 18.5. The van der Waals surface area contributed by atoms with Gasteiger partial charge in [-0.1, -0.05) is 31.2 Å². The molecule has 0 aliphatic carbocycles. The van der Waals surface area contributed by atoms with Crippen LogP contribution in [0.3, 0.4) is 0 Å². The summed E-state index contributed by atoms with van der Waals surface area (Å²) < 4.78 is 7.04. The minimum absolute atomic E-state index is 0.0461. The number of rotatable bonds is 6. The third kappa shape index (κ3) is 3.43. The van der Waals surface area contributed by atoms with Crippen molar-refractivity contribution in [2.24, 2.45) is 0 Å². The molecule has 6 heteroatoms. The van der Waals surface area contributed by atoms with Gasteiger partial charge in [0.1, 0.15) is 5.75 Å². The molecule has 0 unspecified atom stereocenters. The van der Waals surface area contributed by atoms with Crippen molar-refractivity contribution in [3.63, 3.8) is 0 Å². The third-order valence-corrected chi connectivity index (χ3v) is 5.84. The number of unbranched alkanes of at least 4 members (excludes halogenated alkanes) is 1. The second-order valence-electron chi connectivity index (χ2n) is 5.31. The SMILES string of the molecule is CCCCSc1nc2c(c(=O)n1-c1cccc(OC)c1)SCC2. The summed E-state index contributed by atoms with van der Waals surface area (Å²) in [6.07, 6.45) is 3.14. The van der Waals surface area contributed by atoms with Gasteiger partial charge in [0.2, 0.25) is 0 Å². The Morgan fingerprint density at radius 3 is 3.09 bits per heavy atom. The van der Waals surface area contributed by atoms with E-state index in [1.165, 1.54) is 0 Å². The average molecular weight is 348 g/mol. The summed E-state index contributed by atoms with van der Waals surface area (Å²) in [6.45, 7) is 2.17. The highest BCUT2D eigenvalue weighted by Crippen LogP contribution is 2.30. The molecule has 0 N–H and O–H groups in total. The van der Waals surface area contributed by atoms with Gasteiger partial charge < -0.3 is 4.74 Å². The second-order valence-corrected chi connectivity index (χ2v) is 7.48. The number of aryl methyl sites for hydroxylation is 1. The van der Waals surface area contributed by atoms with Crippen molar-refractivity contribution in [3.05, 3.63) is 40.3 Å². The lowest BCUT2D eigenvalue weighted by molar-refractivity contribution is 0.414. The number of hydrogen-bond donors (Lipinski definition) is 0. The van der Waals surface area contributed by atoms with Gasteiger partial charge >= 0.3 is 0 Å². The molecule has 1 aromatic carbocycles. The van der Waals surface area contributed by atoms with Gasteiger partial charge in [-0.2, -0.15) is 0 Å². The Labute approximate surface area is 144 Å². The average Bonchev–Trinajstić information content (AvgIpc) is 3.04. The molecule has 1 aliphatic heterocycles. The lowest BCUT2D eigenvalue weighted by Gasteiger charge is -2.14. The van der Waals surface area contributed by atoms with Crippen molar-refractivity contribution in [3.8, 4) is 11.4 Å². The molecule has 2 heterocycles. The summed E-state index contributed by atoms with van der Waals surface area (Å²) in [5.74, 6) is 2.66. The number of ether oxygens (including phenoxy) is 1. The van der Waals surface area contributed by atoms with Crippen LogP contribution in [-0.2, 0) is 6.42 Å². The number of benzene rings is 1. The van der Waals surface area contributed by atoms with Gasteiger partial charge in [0, 0.05) is 24.0 Å². The molecule has 23 heavy (non-hydrogen) atoms. The van der Waals surface area contributed by atoms with Gasteiger partial charge in [-0.05, 0) is 18.6 Å². The Morgan fingerprint density at radius 2 is 2.30 bits per heavy atom. The minimum Gasteiger partial charge on any atom is -0.497 e. The lowest BCUT2D eigenvalue weighted by atomic mass is 10.3. The van der Waals surface area contributed by atoms with Crippen LogP contribution in [0.25, 0.3) is 5.69 Å². The fourth-order valence-corrected chi connectivity index (χ4v) is 4.61. The first-order valence-corrected chi connectivity index (χ1v) is 9.77. The molecule has 0 atom stereocenters. The van der Waals surface area contributed by atoms with E-state index in [1.54, 1.807) is 35.2 Å². The van der Waals surface area contributed by atoms with Crippen LogP contribution in [0.4, 0.5) is 0 Å². The summed E-state index contributed by atoms with van der Waals surface area (Å²) in [5.41, 5.74) is 1.82. The van der Waals surface area contributed by atoms with E-state index in [-0.39, 0.29) is 5.56 Å². The minimum atomic E-state index is 0.0461. The molecule has 2 aromatic rings. The maximum absolute atomic E-state index is 13.0. The first-order valence-electron chi connectivity index (χ1n) is 7.80. The van der Waals surface area contributed by atoms with E-state index in [1.807, 2.05) is 24.3 Å². The van der Waals surface area contributed by atoms with Crippen molar-refractivity contribution < 1.29 is 4.74 Å². The van der Waals surface area contributed by atoms with E-state index in [9.17, 15) is 4.79 Å². The monoisotopic (exact) mass is 348 g/mol. The fourth-order valence-electron chi connectivity index (χ4n) is 2.47. The molecule has 0 amide bonds. The highest BCUT2D eigenvalue weighted by molar-refractivity contribution is 7.99. The van der Waals surface area contributed by atoms with E-state index in [2.05, 4.69) is 6.92 Å². The molecule has 1 aromatic heterocycles. The van der Waals surface area contributed by atoms with Crippen LogP contribution in [0.15, 0.2) is 39.1 Å². The Balaban J connectivity index is 2.10. The van der Waals surface area contributed by atoms with Crippen LogP contribution in [0.1, 0.15) is 25.5 Å². The van der Waals surface area contributed by atoms with Crippen LogP contribution in [0, 0.1) is 0 Å². The fraction of sp³-hybridized carbons (Fsp3) is 0.412. The van der Waals surface area contributed by atoms with E-state index in [4.69, 9.17) is 9.72 Å². The number of fused-ring (bicyclic) bond motifs is 1. The first kappa shape index (κ1) is 16.5. The predicted octanol–water partition coefficient (Wildman–Crippen LogP) is 3.78. The van der Waals surface area contributed by atoms with E-state index < -0.39 is 0 Å². The quantitative estimate of drug-likeness (QED) is 0.451. The molecule has 0 spiro atoms. The van der Waals surface area contributed by atoms with Gasteiger partial charge in [0.05, 0.1) is 23.4 Å². The Hall–Kier alpha value is -1.40. The number of nitrogens with zero attached hydrogens (tertiary/aromatic N) is 2. The Bertz CT molecular complexity index is 759. The molecule has 0 bridgehead atoms. The van der Waals surface area contributed by atoms with Crippen molar-refractivity contribution >= 4 is 23.5 Å². The molecule has 0 radical (unpaired) electrons. The third-order valence-electron chi connectivity index (χ3n) is 3.71. The van der Waals surface area contributed by atoms with Crippen LogP contribution < -0.4 is 10.3 Å². The molecule has 0 saturated carbocycles. The number of aromatic nitrogens is 2. The standard InChI is InChI=1S/C17H20N2O2S2/c1-3-4-9-23-17-18-14-8-10-22-15(14)16(20)19(17)12-6-5-7-13(11-12)21-2/h5-7,11H,3-4,8-10H2,1-2H3. The van der Waals surface area contributed by atoms with Crippen LogP contribution in [0.2, 0.25) is 0 Å². The zero-order valence-corrected chi connectivity index (χ0v) is 15.0. The van der Waals surface area contributed by atoms with E-state index in [0.717, 1.165) is 58.0 Å². The maximum Gasteiger partial charge on any atom is 0.272 e. The molecule has 4 nitrogen and oxygen atoms in total. The highest BCUT2D eigenvalue weighted by Gasteiger charge is 2.22. The maximum atomic E-state index is 13.0. The normalized spacial score (nSPS) is 13.1. The van der Waals surface area contributed by atoms with Crippen LogP contribution >= 0.6 is 23.5 Å². The van der Waals surface area contributed by atoms with E-state index in [0.29, 0.717) is 0 Å². The highest BCUT2D eigenvalue weighted by atomic mass is 32.2. The number of thioether (sulfide) groups is 2. The zero-order chi connectivity index (χ0) is 16.2. The zero-order valence-electron chi connectivity index (χ0n) is 13.4. The molecular weight excluding hydrogens is 328 g/mol. The van der Waals surface area contributed by atoms with Crippen LogP contribution in [-0.4, -0.2) is 28.2 Å². The van der Waals surface area contributed by atoms with Crippen molar-refractivity contribution in [1.82, 2.24) is 9.55 Å². The molecule has 122 valence electrons. The molecular formula is C17H20N2O2S2. The molecule has 3 rings (SSSR count). The summed E-state index contributed by atoms with van der Waals surface area (Å²) in [7, 11) is 1.63. The smallest absolute Gasteiger partial charge is 0.272 e. The van der Waals surface area contributed by atoms with Crippen molar-refractivity contribution in [2.75, 3.05) is 18.6 Å². The summed E-state index contributed by atoms with van der Waals surface area (Å²) >= 11 is 3.28. The first-order chi connectivity index (χ1) is 11.2. The lowest BCUT2D eigenvalue weighted by Crippen LogP contribution is -2.23. The van der Waals surface area contributed by atoms with Crippen LogP contribution in [0.5, 0.6) is 5.75 Å². The van der Waals surface area contributed by atoms with Gasteiger partial charge in [0.25, 0.3) is 5.56 Å². The summed E-state index contributed by atoms with van der Waals surface area (Å²) in [5, 5.41) is 0.790. The van der Waals surface area contributed by atoms with Gasteiger partial charge in [-0.3, -0.25) is 9.36 Å². The van der Waals surface area contributed by atoms with Gasteiger partial charge in [-0.25, -0.2) is 4.98 Å². The van der Waals surface area contributed by atoms with Crippen molar-refractivity contribution in [1.29, 1.82) is 0 Å². The molecule has 0 saturated heterocycles.